The Morgan fingerprint density at radius 1 is 1.33 bits per heavy atom. The average molecular weight is 469 g/mol. The quantitative estimate of drug-likeness (QED) is 0.564. The molecule has 1 atom stereocenters. The summed E-state index contributed by atoms with van der Waals surface area (Å²) in [6.45, 7) is -0.0295. The van der Waals surface area contributed by atoms with Crippen molar-refractivity contribution in [3.05, 3.63) is 59.2 Å². The van der Waals surface area contributed by atoms with Gasteiger partial charge in [0.05, 0.1) is 25.4 Å². The third-order valence-corrected chi connectivity index (χ3v) is 5.14. The van der Waals surface area contributed by atoms with Gasteiger partial charge in [0.15, 0.2) is 0 Å². The first-order valence-electron chi connectivity index (χ1n) is 10.1. The number of urea groups is 1. The maximum atomic E-state index is 14.5. The van der Waals surface area contributed by atoms with Crippen molar-refractivity contribution in [2.45, 2.75) is 25.1 Å². The monoisotopic (exact) mass is 469 g/mol. The van der Waals surface area contributed by atoms with Crippen LogP contribution in [0.2, 0.25) is 0 Å². The van der Waals surface area contributed by atoms with Crippen molar-refractivity contribution in [3.8, 4) is 5.75 Å². The number of benzene rings is 1. The Bertz CT molecular complexity index is 1040. The smallest absolute Gasteiger partial charge is 0.419 e. The van der Waals surface area contributed by atoms with Gasteiger partial charge in [0.2, 0.25) is 0 Å². The van der Waals surface area contributed by atoms with Crippen molar-refractivity contribution in [3.63, 3.8) is 0 Å². The predicted molar refractivity (Wildman–Crippen MR) is 112 cm³/mol. The number of hydrogen-bond acceptors (Lipinski definition) is 5. The molecule has 0 saturated heterocycles. The number of carbonyl (C=O) groups is 1. The van der Waals surface area contributed by atoms with Crippen molar-refractivity contribution in [2.75, 3.05) is 32.1 Å². The SMILES string of the molecule is COc1cc(NC(=O)N2CC=C(c3ncc(C[C@H](O)CO)cc3F)CC2)ccc1C(F)(F)F. The van der Waals surface area contributed by atoms with Gasteiger partial charge in [-0.15, -0.1) is 0 Å². The summed E-state index contributed by atoms with van der Waals surface area (Å²) in [5, 5.41) is 20.9. The molecule has 0 saturated carbocycles. The Kier molecular flexibility index (Phi) is 7.54. The number of nitrogens with one attached hydrogen (secondary N) is 1. The number of alkyl halides is 3. The van der Waals surface area contributed by atoms with Crippen molar-refractivity contribution < 1.29 is 37.3 Å². The fourth-order valence-corrected chi connectivity index (χ4v) is 3.44. The van der Waals surface area contributed by atoms with Crippen LogP contribution in [0.25, 0.3) is 5.57 Å². The largest absolute Gasteiger partial charge is 0.496 e. The van der Waals surface area contributed by atoms with E-state index in [1.165, 1.54) is 17.2 Å². The molecule has 1 aromatic heterocycles. The molecule has 0 aliphatic carbocycles. The lowest BCUT2D eigenvalue weighted by Crippen LogP contribution is -2.38. The van der Waals surface area contributed by atoms with E-state index in [2.05, 4.69) is 10.3 Å². The van der Waals surface area contributed by atoms with E-state index in [0.717, 1.165) is 25.3 Å². The first-order valence-corrected chi connectivity index (χ1v) is 10.1. The van der Waals surface area contributed by atoms with E-state index in [4.69, 9.17) is 9.84 Å². The molecule has 33 heavy (non-hydrogen) atoms. The topological polar surface area (TPSA) is 94.9 Å². The normalized spacial score (nSPS) is 15.1. The molecule has 2 amide bonds. The van der Waals surface area contributed by atoms with E-state index < -0.39 is 42.0 Å². The van der Waals surface area contributed by atoms with Gasteiger partial charge in [-0.25, -0.2) is 9.18 Å². The lowest BCUT2D eigenvalue weighted by atomic mass is 10.0. The molecule has 1 aliphatic heterocycles. The zero-order chi connectivity index (χ0) is 24.2. The van der Waals surface area contributed by atoms with Crippen LogP contribution in [0.1, 0.15) is 23.2 Å². The standard InChI is InChI=1S/C22H23F4N3O4/c1-33-19-10-15(2-3-17(19)22(24,25)26)28-21(32)29-6-4-14(5-7-29)20-18(23)9-13(11-27-20)8-16(31)12-30/h2-4,9-11,16,30-31H,5-8,12H2,1H3,(H,28,32)/t16-/m0/s1. The fourth-order valence-electron chi connectivity index (χ4n) is 3.44. The van der Waals surface area contributed by atoms with E-state index >= 15 is 0 Å². The minimum absolute atomic E-state index is 0.0719. The molecular formula is C22H23F4N3O4. The Hall–Kier alpha value is -3.18. The number of methoxy groups -OCH3 is 1. The van der Waals surface area contributed by atoms with Gasteiger partial charge in [-0.2, -0.15) is 13.2 Å². The lowest BCUT2D eigenvalue weighted by molar-refractivity contribution is -0.138. The van der Waals surface area contributed by atoms with E-state index in [1.54, 1.807) is 6.08 Å². The Morgan fingerprint density at radius 3 is 2.67 bits per heavy atom. The summed E-state index contributed by atoms with van der Waals surface area (Å²) >= 11 is 0. The van der Waals surface area contributed by atoms with Gasteiger partial charge in [-0.1, -0.05) is 6.08 Å². The summed E-state index contributed by atoms with van der Waals surface area (Å²) in [7, 11) is 1.11. The summed E-state index contributed by atoms with van der Waals surface area (Å²) < 4.78 is 58.2. The second-order valence-electron chi connectivity index (χ2n) is 7.48. The van der Waals surface area contributed by atoms with Crippen molar-refractivity contribution in [2.24, 2.45) is 0 Å². The van der Waals surface area contributed by atoms with Crippen LogP contribution in [0.4, 0.5) is 28.0 Å². The number of pyridine rings is 1. The minimum Gasteiger partial charge on any atom is -0.496 e. The highest BCUT2D eigenvalue weighted by Crippen LogP contribution is 2.37. The molecule has 1 aliphatic rings. The van der Waals surface area contributed by atoms with Crippen LogP contribution >= 0.6 is 0 Å². The number of nitrogens with zero attached hydrogens (tertiary/aromatic N) is 2. The highest BCUT2D eigenvalue weighted by molar-refractivity contribution is 5.90. The van der Waals surface area contributed by atoms with Crippen molar-refractivity contribution in [1.29, 1.82) is 0 Å². The summed E-state index contributed by atoms with van der Waals surface area (Å²) in [5.41, 5.74) is 0.405. The molecule has 3 N–H and O–H groups in total. The molecule has 2 heterocycles. The van der Waals surface area contributed by atoms with Crippen LogP contribution in [0.5, 0.6) is 5.75 Å². The van der Waals surface area contributed by atoms with Crippen LogP contribution < -0.4 is 10.1 Å². The molecule has 0 fully saturated rings. The fraction of sp³-hybridized carbons (Fsp3) is 0.364. The van der Waals surface area contributed by atoms with Crippen molar-refractivity contribution in [1.82, 2.24) is 9.88 Å². The molecule has 7 nitrogen and oxygen atoms in total. The number of rotatable bonds is 6. The number of ether oxygens (including phenoxy) is 1. The maximum absolute atomic E-state index is 14.5. The highest BCUT2D eigenvalue weighted by Gasteiger charge is 2.34. The third-order valence-electron chi connectivity index (χ3n) is 5.14. The summed E-state index contributed by atoms with van der Waals surface area (Å²) in [6.07, 6.45) is -2.10. The first-order chi connectivity index (χ1) is 15.6. The molecule has 178 valence electrons. The highest BCUT2D eigenvalue weighted by atomic mass is 19.4. The second kappa shape index (κ2) is 10.2. The molecule has 0 spiro atoms. The molecule has 1 aromatic carbocycles. The molecule has 11 heteroatoms. The Labute approximate surface area is 187 Å². The van der Waals surface area contributed by atoms with E-state index in [9.17, 15) is 27.5 Å². The van der Waals surface area contributed by atoms with Gasteiger partial charge >= 0.3 is 12.2 Å². The van der Waals surface area contributed by atoms with Gasteiger partial charge in [-0.05, 0) is 35.8 Å². The zero-order valence-electron chi connectivity index (χ0n) is 17.7. The molecule has 0 bridgehead atoms. The minimum atomic E-state index is -4.58. The Balaban J connectivity index is 1.65. The number of amides is 2. The molecular weight excluding hydrogens is 446 g/mol. The van der Waals surface area contributed by atoms with Crippen LogP contribution in [-0.2, 0) is 12.6 Å². The van der Waals surface area contributed by atoms with Gasteiger partial charge in [-0.3, -0.25) is 4.98 Å². The number of aromatic nitrogens is 1. The number of anilines is 1. The first kappa shape index (κ1) is 24.5. The summed E-state index contributed by atoms with van der Waals surface area (Å²) in [4.78, 5) is 18.1. The lowest BCUT2D eigenvalue weighted by Gasteiger charge is -2.27. The zero-order valence-corrected chi connectivity index (χ0v) is 17.7. The van der Waals surface area contributed by atoms with E-state index in [0.29, 0.717) is 17.6 Å². The molecule has 2 aromatic rings. The van der Waals surface area contributed by atoms with Crippen LogP contribution in [0.15, 0.2) is 36.5 Å². The van der Waals surface area contributed by atoms with Gasteiger partial charge in [0.1, 0.15) is 17.3 Å². The van der Waals surface area contributed by atoms with E-state index in [-0.39, 0.29) is 30.9 Å². The van der Waals surface area contributed by atoms with Gasteiger partial charge < -0.3 is 25.2 Å². The second-order valence-corrected chi connectivity index (χ2v) is 7.48. The van der Waals surface area contributed by atoms with Gasteiger partial charge in [0, 0.05) is 37.5 Å². The number of carbonyl (C=O) groups excluding carboxylic acids is 1. The predicted octanol–water partition coefficient (Wildman–Crippen LogP) is 3.47. The molecule has 0 unspecified atom stereocenters. The summed E-state index contributed by atoms with van der Waals surface area (Å²) in [5.74, 6) is -0.976. The van der Waals surface area contributed by atoms with Crippen LogP contribution in [0, 0.1) is 5.82 Å². The van der Waals surface area contributed by atoms with Crippen LogP contribution in [0.3, 0.4) is 0 Å². The third kappa shape index (κ3) is 5.99. The number of aliphatic hydroxyl groups excluding tert-OH is 2. The number of halogens is 4. The summed E-state index contributed by atoms with van der Waals surface area (Å²) in [6, 6.07) is 3.80. The van der Waals surface area contributed by atoms with Gasteiger partial charge in [0.25, 0.3) is 0 Å². The van der Waals surface area contributed by atoms with Crippen molar-refractivity contribution >= 4 is 17.3 Å². The molecule has 3 rings (SSSR count). The number of aliphatic hydroxyl groups is 2. The number of hydrogen-bond donors (Lipinski definition) is 3. The maximum Gasteiger partial charge on any atom is 0.419 e. The average Bonchev–Trinajstić information content (AvgIpc) is 2.78. The Morgan fingerprint density at radius 2 is 2.09 bits per heavy atom. The van der Waals surface area contributed by atoms with Crippen LogP contribution in [-0.4, -0.2) is 59.0 Å². The van der Waals surface area contributed by atoms with E-state index in [1.807, 2.05) is 0 Å². The molecule has 0 radical (unpaired) electrons.